The second kappa shape index (κ2) is 4.47. The van der Waals surface area contributed by atoms with Crippen molar-refractivity contribution in [2.24, 2.45) is 5.84 Å². The summed E-state index contributed by atoms with van der Waals surface area (Å²) in [5, 5.41) is 0. The molecule has 2 aromatic rings. The lowest BCUT2D eigenvalue weighted by Gasteiger charge is -2.14. The van der Waals surface area contributed by atoms with Crippen LogP contribution in [0.25, 0.3) is 0 Å². The van der Waals surface area contributed by atoms with Crippen molar-refractivity contribution in [3.8, 4) is 0 Å². The molecule has 0 saturated carbocycles. The predicted octanol–water partition coefficient (Wildman–Crippen LogP) is 1.84. The first-order valence-corrected chi connectivity index (χ1v) is 5.15. The first kappa shape index (κ1) is 10.9. The first-order valence-electron chi connectivity index (χ1n) is 5.15. The zero-order valence-corrected chi connectivity index (χ0v) is 9.40. The fourth-order valence-electron chi connectivity index (χ4n) is 1.65. The molecule has 2 rings (SSSR count). The summed E-state index contributed by atoms with van der Waals surface area (Å²) in [7, 11) is 0. The molecule has 0 spiro atoms. The van der Waals surface area contributed by atoms with Crippen molar-refractivity contribution in [1.29, 1.82) is 0 Å². The molecule has 0 aliphatic carbocycles. The molecule has 0 fully saturated rings. The van der Waals surface area contributed by atoms with Gasteiger partial charge in [0.15, 0.2) is 0 Å². The molecule has 0 aliphatic heterocycles. The lowest BCUT2D eigenvalue weighted by Crippen LogP contribution is -2.29. The summed E-state index contributed by atoms with van der Waals surface area (Å²) in [6, 6.07) is 5.72. The SMILES string of the molecule is Cc1ccc(C(NN)c2occc2C)cn1. The molecule has 0 radical (unpaired) electrons. The van der Waals surface area contributed by atoms with Crippen LogP contribution in [0.15, 0.2) is 35.1 Å². The van der Waals surface area contributed by atoms with Crippen LogP contribution in [0.1, 0.15) is 28.6 Å². The third-order valence-electron chi connectivity index (χ3n) is 2.60. The average Bonchev–Trinajstić information content (AvgIpc) is 2.69. The standard InChI is InChI=1S/C12H15N3O/c1-8-5-6-16-12(8)11(15-13)10-4-3-9(2)14-7-10/h3-7,11,15H,13H2,1-2H3. The van der Waals surface area contributed by atoms with Gasteiger partial charge in [-0.05, 0) is 37.1 Å². The Bertz CT molecular complexity index is 461. The summed E-state index contributed by atoms with van der Waals surface area (Å²) < 4.78 is 5.43. The van der Waals surface area contributed by atoms with Crippen molar-refractivity contribution in [3.05, 3.63) is 53.2 Å². The molecule has 3 N–H and O–H groups in total. The largest absolute Gasteiger partial charge is 0.467 e. The van der Waals surface area contributed by atoms with Crippen LogP contribution in [0.5, 0.6) is 0 Å². The van der Waals surface area contributed by atoms with E-state index in [-0.39, 0.29) is 6.04 Å². The van der Waals surface area contributed by atoms with Gasteiger partial charge < -0.3 is 4.42 Å². The van der Waals surface area contributed by atoms with Crippen LogP contribution >= 0.6 is 0 Å². The van der Waals surface area contributed by atoms with Gasteiger partial charge in [-0.1, -0.05) is 6.07 Å². The normalized spacial score (nSPS) is 12.7. The van der Waals surface area contributed by atoms with Crippen molar-refractivity contribution in [2.45, 2.75) is 19.9 Å². The first-order chi connectivity index (χ1) is 7.72. The fourth-order valence-corrected chi connectivity index (χ4v) is 1.65. The van der Waals surface area contributed by atoms with E-state index in [2.05, 4.69) is 10.4 Å². The zero-order chi connectivity index (χ0) is 11.5. The van der Waals surface area contributed by atoms with Crippen molar-refractivity contribution >= 4 is 0 Å². The van der Waals surface area contributed by atoms with Crippen molar-refractivity contribution in [1.82, 2.24) is 10.4 Å². The maximum Gasteiger partial charge on any atom is 0.129 e. The highest BCUT2D eigenvalue weighted by atomic mass is 16.3. The molecule has 0 aromatic carbocycles. The van der Waals surface area contributed by atoms with Gasteiger partial charge in [0.2, 0.25) is 0 Å². The minimum atomic E-state index is -0.150. The van der Waals surface area contributed by atoms with Crippen LogP contribution in [-0.4, -0.2) is 4.98 Å². The highest BCUT2D eigenvalue weighted by Gasteiger charge is 2.17. The quantitative estimate of drug-likeness (QED) is 0.608. The molecule has 1 unspecified atom stereocenters. The van der Waals surface area contributed by atoms with E-state index >= 15 is 0 Å². The van der Waals surface area contributed by atoms with E-state index in [4.69, 9.17) is 10.3 Å². The number of hydrogen-bond acceptors (Lipinski definition) is 4. The number of rotatable bonds is 3. The number of aryl methyl sites for hydroxylation is 2. The molecule has 1 atom stereocenters. The van der Waals surface area contributed by atoms with Gasteiger partial charge in [-0.3, -0.25) is 10.8 Å². The number of pyridine rings is 1. The van der Waals surface area contributed by atoms with E-state index in [0.29, 0.717) is 0 Å². The lowest BCUT2D eigenvalue weighted by atomic mass is 10.0. The molecule has 0 aliphatic rings. The number of hydrazine groups is 1. The molecule has 4 heteroatoms. The van der Waals surface area contributed by atoms with E-state index in [0.717, 1.165) is 22.6 Å². The maximum atomic E-state index is 5.57. The average molecular weight is 217 g/mol. The van der Waals surface area contributed by atoms with Gasteiger partial charge in [0.1, 0.15) is 11.8 Å². The lowest BCUT2D eigenvalue weighted by molar-refractivity contribution is 0.448. The van der Waals surface area contributed by atoms with Crippen LogP contribution in [0.4, 0.5) is 0 Å². The van der Waals surface area contributed by atoms with Gasteiger partial charge in [0, 0.05) is 11.9 Å². The van der Waals surface area contributed by atoms with E-state index in [1.54, 1.807) is 6.26 Å². The second-order valence-electron chi connectivity index (χ2n) is 3.80. The highest BCUT2D eigenvalue weighted by Crippen LogP contribution is 2.24. The Kier molecular flexibility index (Phi) is 3.03. The third-order valence-corrected chi connectivity index (χ3v) is 2.60. The summed E-state index contributed by atoms with van der Waals surface area (Å²) in [6.45, 7) is 3.94. The molecule has 4 nitrogen and oxygen atoms in total. The van der Waals surface area contributed by atoms with Gasteiger partial charge in [-0.15, -0.1) is 0 Å². The van der Waals surface area contributed by atoms with E-state index < -0.39 is 0 Å². The molecule has 0 bridgehead atoms. The van der Waals surface area contributed by atoms with Crippen molar-refractivity contribution in [3.63, 3.8) is 0 Å². The van der Waals surface area contributed by atoms with Crippen LogP contribution in [0.3, 0.4) is 0 Å². The van der Waals surface area contributed by atoms with Crippen LogP contribution in [0.2, 0.25) is 0 Å². The van der Waals surface area contributed by atoms with Crippen LogP contribution < -0.4 is 11.3 Å². The number of nitrogens with zero attached hydrogens (tertiary/aromatic N) is 1. The van der Waals surface area contributed by atoms with E-state index in [1.165, 1.54) is 0 Å². The minimum absolute atomic E-state index is 0.150. The maximum absolute atomic E-state index is 5.57. The summed E-state index contributed by atoms with van der Waals surface area (Å²) in [6.07, 6.45) is 3.47. The third kappa shape index (κ3) is 1.98. The molecule has 84 valence electrons. The van der Waals surface area contributed by atoms with Crippen molar-refractivity contribution < 1.29 is 4.42 Å². The Labute approximate surface area is 94.5 Å². The molecule has 16 heavy (non-hydrogen) atoms. The smallest absolute Gasteiger partial charge is 0.129 e. The summed E-state index contributed by atoms with van der Waals surface area (Å²) >= 11 is 0. The second-order valence-corrected chi connectivity index (χ2v) is 3.80. The number of hydrogen-bond donors (Lipinski definition) is 2. The Morgan fingerprint density at radius 2 is 2.12 bits per heavy atom. The molecule has 2 heterocycles. The molecular weight excluding hydrogens is 202 g/mol. The highest BCUT2D eigenvalue weighted by molar-refractivity contribution is 5.29. The summed E-state index contributed by atoms with van der Waals surface area (Å²) in [4.78, 5) is 4.25. The van der Waals surface area contributed by atoms with Gasteiger partial charge >= 0.3 is 0 Å². The van der Waals surface area contributed by atoms with Gasteiger partial charge in [-0.2, -0.15) is 0 Å². The monoisotopic (exact) mass is 217 g/mol. The Hall–Kier alpha value is -1.65. The zero-order valence-electron chi connectivity index (χ0n) is 9.40. The Morgan fingerprint density at radius 3 is 2.62 bits per heavy atom. The number of furan rings is 1. The Balaban J connectivity index is 2.37. The van der Waals surface area contributed by atoms with Crippen molar-refractivity contribution in [2.75, 3.05) is 0 Å². The Morgan fingerprint density at radius 1 is 1.31 bits per heavy atom. The fraction of sp³-hybridized carbons (Fsp3) is 0.250. The summed E-state index contributed by atoms with van der Waals surface area (Å²) in [5.74, 6) is 6.39. The van der Waals surface area contributed by atoms with Gasteiger partial charge in [0.25, 0.3) is 0 Å². The summed E-state index contributed by atoms with van der Waals surface area (Å²) in [5.41, 5.74) is 5.79. The minimum Gasteiger partial charge on any atom is -0.467 e. The van der Waals surface area contributed by atoms with E-state index in [1.807, 2.05) is 38.2 Å². The van der Waals surface area contributed by atoms with Gasteiger partial charge in [0.05, 0.1) is 6.26 Å². The van der Waals surface area contributed by atoms with Gasteiger partial charge in [-0.25, -0.2) is 5.43 Å². The van der Waals surface area contributed by atoms with E-state index in [9.17, 15) is 0 Å². The van der Waals surface area contributed by atoms with Crippen LogP contribution in [0, 0.1) is 13.8 Å². The number of nitrogens with two attached hydrogens (primary N) is 1. The number of aromatic nitrogens is 1. The molecule has 0 amide bonds. The predicted molar refractivity (Wildman–Crippen MR) is 61.6 cm³/mol. The molecule has 2 aromatic heterocycles. The molecular formula is C12H15N3O. The molecule has 0 saturated heterocycles. The topological polar surface area (TPSA) is 64.1 Å². The number of nitrogens with one attached hydrogen (secondary N) is 1. The van der Waals surface area contributed by atoms with Crippen LogP contribution in [-0.2, 0) is 0 Å².